The van der Waals surface area contributed by atoms with E-state index in [0.717, 1.165) is 17.9 Å². The van der Waals surface area contributed by atoms with Gasteiger partial charge in [-0.2, -0.15) is 0 Å². The number of benzene rings is 1. The lowest BCUT2D eigenvalue weighted by atomic mass is 10.3. The number of thioether (sulfide) groups is 2. The Morgan fingerprint density at radius 1 is 1.42 bits per heavy atom. The summed E-state index contributed by atoms with van der Waals surface area (Å²) in [5.74, 6) is 1.18. The number of carbonyl (C=O) groups excluding carboxylic acids is 1. The van der Waals surface area contributed by atoms with Crippen LogP contribution in [0, 0.1) is 0 Å². The molecule has 0 amide bonds. The fraction of sp³-hybridized carbons (Fsp3) is 0.389. The maximum absolute atomic E-state index is 13.1. The third kappa shape index (κ3) is 3.61. The molecular weight excluding hydrogens is 372 g/mol. The van der Waals surface area contributed by atoms with Gasteiger partial charge in [0.25, 0.3) is 5.56 Å². The van der Waals surface area contributed by atoms with Gasteiger partial charge in [0.1, 0.15) is 11.0 Å². The zero-order valence-corrected chi connectivity index (χ0v) is 16.5. The van der Waals surface area contributed by atoms with Crippen molar-refractivity contribution >= 4 is 29.5 Å². The van der Waals surface area contributed by atoms with E-state index in [4.69, 9.17) is 14.5 Å². The highest BCUT2D eigenvalue weighted by Gasteiger charge is 2.26. The highest BCUT2D eigenvalue weighted by atomic mass is 32.2. The lowest BCUT2D eigenvalue weighted by molar-refractivity contribution is -0.140. The second-order valence-electron chi connectivity index (χ2n) is 5.65. The first-order valence-corrected chi connectivity index (χ1v) is 10.1. The van der Waals surface area contributed by atoms with Crippen LogP contribution in [0.15, 0.2) is 39.1 Å². The summed E-state index contributed by atoms with van der Waals surface area (Å²) in [6, 6.07) is 7.27. The number of esters is 1. The molecule has 1 atom stereocenters. The van der Waals surface area contributed by atoms with Crippen LogP contribution in [0.2, 0.25) is 0 Å². The van der Waals surface area contributed by atoms with Crippen LogP contribution in [0.1, 0.15) is 19.0 Å². The number of carbonyl (C=O) groups is 1. The van der Waals surface area contributed by atoms with Gasteiger partial charge in [0.2, 0.25) is 0 Å². The predicted molar refractivity (Wildman–Crippen MR) is 103 cm³/mol. The minimum Gasteiger partial charge on any atom is -0.497 e. The van der Waals surface area contributed by atoms with Gasteiger partial charge in [-0.15, -0.1) is 11.8 Å². The van der Waals surface area contributed by atoms with Gasteiger partial charge in [-0.25, -0.2) is 4.98 Å². The Morgan fingerprint density at radius 2 is 2.23 bits per heavy atom. The zero-order valence-electron chi connectivity index (χ0n) is 14.9. The molecule has 2 heterocycles. The van der Waals surface area contributed by atoms with E-state index in [1.165, 1.54) is 30.6 Å². The maximum atomic E-state index is 13.1. The number of ether oxygens (including phenoxy) is 2. The Kier molecular flexibility index (Phi) is 5.93. The molecule has 0 saturated carbocycles. The summed E-state index contributed by atoms with van der Waals surface area (Å²) < 4.78 is 11.7. The van der Waals surface area contributed by atoms with Crippen LogP contribution in [-0.2, 0) is 16.0 Å². The molecule has 1 aromatic carbocycles. The number of nitrogens with zero attached hydrogens (tertiary/aromatic N) is 2. The zero-order chi connectivity index (χ0) is 18.7. The standard InChI is InChI=1S/C18H20N2O4S2/c1-4-14(17(22)24-3)26-18-19-13-8-9-25-15(13)16(21)20(18)11-6-5-7-12(10-11)23-2/h5-7,10,14H,4,8-9H2,1-3H3/t14-/m0/s1. The van der Waals surface area contributed by atoms with Gasteiger partial charge in [-0.3, -0.25) is 14.2 Å². The molecule has 138 valence electrons. The van der Waals surface area contributed by atoms with E-state index in [2.05, 4.69) is 0 Å². The van der Waals surface area contributed by atoms with E-state index in [0.29, 0.717) is 27.9 Å². The van der Waals surface area contributed by atoms with Gasteiger partial charge < -0.3 is 9.47 Å². The molecule has 0 fully saturated rings. The molecule has 0 bridgehead atoms. The molecule has 0 aliphatic carbocycles. The molecular formula is C18H20N2O4S2. The second kappa shape index (κ2) is 8.18. The molecule has 0 N–H and O–H groups in total. The lowest BCUT2D eigenvalue weighted by Crippen LogP contribution is -2.26. The Hall–Kier alpha value is -1.93. The van der Waals surface area contributed by atoms with Crippen molar-refractivity contribution in [3.8, 4) is 11.4 Å². The van der Waals surface area contributed by atoms with Gasteiger partial charge in [-0.1, -0.05) is 24.8 Å². The molecule has 0 unspecified atom stereocenters. The third-order valence-electron chi connectivity index (χ3n) is 4.06. The molecule has 0 spiro atoms. The molecule has 1 aliphatic heterocycles. The van der Waals surface area contributed by atoms with Crippen molar-refractivity contribution in [2.45, 2.75) is 35.1 Å². The highest BCUT2D eigenvalue weighted by molar-refractivity contribution is 8.00. The number of aryl methyl sites for hydroxylation is 1. The Balaban J connectivity index is 2.15. The van der Waals surface area contributed by atoms with Gasteiger partial charge in [0.15, 0.2) is 5.16 Å². The number of fused-ring (bicyclic) bond motifs is 1. The van der Waals surface area contributed by atoms with Gasteiger partial charge in [0.05, 0.1) is 30.5 Å². The number of hydrogen-bond donors (Lipinski definition) is 0. The maximum Gasteiger partial charge on any atom is 0.319 e. The first-order valence-electron chi connectivity index (χ1n) is 8.26. The van der Waals surface area contributed by atoms with E-state index in [9.17, 15) is 9.59 Å². The second-order valence-corrected chi connectivity index (χ2v) is 7.92. The predicted octanol–water partition coefficient (Wildman–Crippen LogP) is 2.93. The van der Waals surface area contributed by atoms with Crippen molar-refractivity contribution in [1.82, 2.24) is 9.55 Å². The van der Waals surface area contributed by atoms with Gasteiger partial charge in [0, 0.05) is 18.2 Å². The average Bonchev–Trinajstić information content (AvgIpc) is 3.14. The smallest absolute Gasteiger partial charge is 0.319 e. The van der Waals surface area contributed by atoms with Crippen LogP contribution in [0.4, 0.5) is 0 Å². The molecule has 0 saturated heterocycles. The molecule has 0 radical (unpaired) electrons. The molecule has 1 aliphatic rings. The Labute approximate surface area is 160 Å². The first-order chi connectivity index (χ1) is 12.6. The summed E-state index contributed by atoms with van der Waals surface area (Å²) in [6.07, 6.45) is 1.34. The van der Waals surface area contributed by atoms with Crippen molar-refractivity contribution < 1.29 is 14.3 Å². The SMILES string of the molecule is CC[C@H](Sc1nc2c(c(=O)n1-c1cccc(OC)c1)SCC2)C(=O)OC. The van der Waals surface area contributed by atoms with Crippen LogP contribution in [0.25, 0.3) is 5.69 Å². The number of rotatable bonds is 6. The molecule has 6 nitrogen and oxygen atoms in total. The first kappa shape index (κ1) is 18.8. The summed E-state index contributed by atoms with van der Waals surface area (Å²) >= 11 is 2.79. The van der Waals surface area contributed by atoms with Crippen molar-refractivity contribution in [3.63, 3.8) is 0 Å². The Morgan fingerprint density at radius 3 is 2.92 bits per heavy atom. The normalized spacial score (nSPS) is 14.0. The van der Waals surface area contributed by atoms with Crippen LogP contribution < -0.4 is 10.3 Å². The monoisotopic (exact) mass is 392 g/mol. The highest BCUT2D eigenvalue weighted by Crippen LogP contribution is 2.32. The number of hydrogen-bond acceptors (Lipinski definition) is 7. The van der Waals surface area contributed by atoms with Gasteiger partial charge in [-0.05, 0) is 18.6 Å². The molecule has 26 heavy (non-hydrogen) atoms. The molecule has 2 aromatic rings. The van der Waals surface area contributed by atoms with Crippen molar-refractivity contribution in [2.24, 2.45) is 0 Å². The molecule has 3 rings (SSSR count). The summed E-state index contributed by atoms with van der Waals surface area (Å²) in [4.78, 5) is 30.5. The topological polar surface area (TPSA) is 70.4 Å². The number of methoxy groups -OCH3 is 2. The van der Waals surface area contributed by atoms with E-state index in [1.807, 2.05) is 25.1 Å². The average molecular weight is 393 g/mol. The largest absolute Gasteiger partial charge is 0.497 e. The van der Waals surface area contributed by atoms with Crippen molar-refractivity contribution in [2.75, 3.05) is 20.0 Å². The van der Waals surface area contributed by atoms with Gasteiger partial charge >= 0.3 is 5.97 Å². The Bertz CT molecular complexity index is 882. The number of aromatic nitrogens is 2. The minimum atomic E-state index is -0.420. The van der Waals surface area contributed by atoms with E-state index in [1.54, 1.807) is 17.7 Å². The van der Waals surface area contributed by atoms with Crippen molar-refractivity contribution in [3.05, 3.63) is 40.3 Å². The third-order valence-corrected chi connectivity index (χ3v) is 6.46. The van der Waals surface area contributed by atoms with Crippen LogP contribution in [-0.4, -0.2) is 40.7 Å². The van der Waals surface area contributed by atoms with E-state index >= 15 is 0 Å². The van der Waals surface area contributed by atoms with Crippen LogP contribution in [0.3, 0.4) is 0 Å². The summed E-state index contributed by atoms with van der Waals surface area (Å²) in [6.45, 7) is 1.91. The minimum absolute atomic E-state index is 0.104. The fourth-order valence-electron chi connectivity index (χ4n) is 2.71. The van der Waals surface area contributed by atoms with Crippen LogP contribution >= 0.6 is 23.5 Å². The lowest BCUT2D eigenvalue weighted by Gasteiger charge is -2.17. The van der Waals surface area contributed by atoms with E-state index in [-0.39, 0.29) is 11.5 Å². The quantitative estimate of drug-likeness (QED) is 0.425. The van der Waals surface area contributed by atoms with E-state index < -0.39 is 5.25 Å². The molecule has 8 heteroatoms. The summed E-state index contributed by atoms with van der Waals surface area (Å²) in [7, 11) is 2.95. The summed E-state index contributed by atoms with van der Waals surface area (Å²) in [5, 5.41) is 0.0811. The fourth-order valence-corrected chi connectivity index (χ4v) is 4.80. The van der Waals surface area contributed by atoms with Crippen LogP contribution in [0.5, 0.6) is 5.75 Å². The molecule has 1 aromatic heterocycles. The van der Waals surface area contributed by atoms with Crippen molar-refractivity contribution in [1.29, 1.82) is 0 Å². The summed E-state index contributed by atoms with van der Waals surface area (Å²) in [5.41, 5.74) is 1.37.